The van der Waals surface area contributed by atoms with Gasteiger partial charge in [-0.05, 0) is 54.2 Å². The second-order valence-corrected chi connectivity index (χ2v) is 6.21. The summed E-state index contributed by atoms with van der Waals surface area (Å²) in [7, 11) is 0. The second kappa shape index (κ2) is 6.74. The van der Waals surface area contributed by atoms with Crippen LogP contribution >= 0.6 is 0 Å². The number of carbonyl (C=O) groups excluding carboxylic acids is 1. The third kappa shape index (κ3) is 3.19. The molecule has 2 aromatic carbocycles. The molecule has 0 saturated heterocycles. The number of rotatable bonds is 4. The zero-order valence-electron chi connectivity index (χ0n) is 12.9. The van der Waals surface area contributed by atoms with Crippen molar-refractivity contribution in [3.63, 3.8) is 0 Å². The Bertz CT molecular complexity index is 629. The van der Waals surface area contributed by atoms with Gasteiger partial charge in [0, 0.05) is 5.56 Å². The van der Waals surface area contributed by atoms with Gasteiger partial charge in [0.2, 0.25) is 0 Å². The summed E-state index contributed by atoms with van der Waals surface area (Å²) in [6, 6.07) is 16.7. The molecular weight excluding hydrogens is 268 g/mol. The zero-order chi connectivity index (χ0) is 15.4. The first-order valence-electron chi connectivity index (χ1n) is 8.08. The van der Waals surface area contributed by atoms with Crippen LogP contribution in [0.3, 0.4) is 0 Å². The summed E-state index contributed by atoms with van der Waals surface area (Å²) in [6.07, 6.45) is 8.06. The molecule has 0 aromatic heterocycles. The van der Waals surface area contributed by atoms with Crippen LogP contribution in [0, 0.1) is 5.92 Å². The molecule has 0 bridgehead atoms. The van der Waals surface area contributed by atoms with Gasteiger partial charge in [0.25, 0.3) is 0 Å². The summed E-state index contributed by atoms with van der Waals surface area (Å²) < 4.78 is 0. The number of benzene rings is 2. The quantitative estimate of drug-likeness (QED) is 0.527. The third-order valence-electron chi connectivity index (χ3n) is 4.87. The molecule has 1 heteroatoms. The molecule has 0 radical (unpaired) electrons. The maximum absolute atomic E-state index is 10.7. The second-order valence-electron chi connectivity index (χ2n) is 6.21. The lowest BCUT2D eigenvalue weighted by Gasteiger charge is -2.27. The lowest BCUT2D eigenvalue weighted by molar-refractivity contribution is 0.112. The molecule has 1 fully saturated rings. The minimum Gasteiger partial charge on any atom is -0.298 e. The largest absolute Gasteiger partial charge is 0.298 e. The molecule has 0 atom stereocenters. The monoisotopic (exact) mass is 290 g/mol. The van der Waals surface area contributed by atoms with Crippen LogP contribution in [0.4, 0.5) is 0 Å². The Kier molecular flexibility index (Phi) is 4.53. The summed E-state index contributed by atoms with van der Waals surface area (Å²) in [5, 5.41) is 0. The topological polar surface area (TPSA) is 17.1 Å². The first-order chi connectivity index (χ1) is 10.8. The molecule has 0 aliphatic heterocycles. The van der Waals surface area contributed by atoms with Crippen molar-refractivity contribution in [2.75, 3.05) is 0 Å². The van der Waals surface area contributed by atoms with E-state index >= 15 is 0 Å². The molecule has 22 heavy (non-hydrogen) atoms. The van der Waals surface area contributed by atoms with Crippen molar-refractivity contribution in [1.29, 1.82) is 0 Å². The molecule has 1 nitrogen and oxygen atoms in total. The first-order valence-corrected chi connectivity index (χ1v) is 8.08. The van der Waals surface area contributed by atoms with Gasteiger partial charge in [0.05, 0.1) is 0 Å². The van der Waals surface area contributed by atoms with Gasteiger partial charge in [-0.25, -0.2) is 0 Å². The average Bonchev–Trinajstić information content (AvgIpc) is 2.62. The van der Waals surface area contributed by atoms with Crippen molar-refractivity contribution in [2.45, 2.75) is 31.6 Å². The highest BCUT2D eigenvalue weighted by Gasteiger charge is 2.20. The van der Waals surface area contributed by atoms with Crippen LogP contribution in [-0.4, -0.2) is 6.29 Å². The molecule has 0 heterocycles. The zero-order valence-corrected chi connectivity index (χ0v) is 12.9. The van der Waals surface area contributed by atoms with Crippen molar-refractivity contribution < 1.29 is 4.79 Å². The number of hydrogen-bond donors (Lipinski definition) is 0. The van der Waals surface area contributed by atoms with Gasteiger partial charge in [0.15, 0.2) is 0 Å². The number of hydrogen-bond acceptors (Lipinski definition) is 1. The minimum absolute atomic E-state index is 0.697. The van der Waals surface area contributed by atoms with Crippen LogP contribution in [0.1, 0.15) is 47.5 Å². The molecule has 1 aliphatic rings. The van der Waals surface area contributed by atoms with E-state index in [9.17, 15) is 4.79 Å². The van der Waals surface area contributed by atoms with Crippen LogP contribution in [0.25, 0.3) is 11.1 Å². The molecule has 0 N–H and O–H groups in total. The normalized spacial score (nSPS) is 21.3. The fourth-order valence-corrected chi connectivity index (χ4v) is 3.39. The molecule has 1 saturated carbocycles. The van der Waals surface area contributed by atoms with Crippen molar-refractivity contribution in [3.05, 3.63) is 72.3 Å². The predicted octanol–water partition coefficient (Wildman–Crippen LogP) is 5.63. The predicted molar refractivity (Wildman–Crippen MR) is 92.2 cm³/mol. The van der Waals surface area contributed by atoms with Gasteiger partial charge in [-0.15, -0.1) is 6.58 Å². The molecule has 1 aliphatic carbocycles. The summed E-state index contributed by atoms with van der Waals surface area (Å²) in [5.41, 5.74) is 4.55. The van der Waals surface area contributed by atoms with E-state index in [1.165, 1.54) is 36.8 Å². The van der Waals surface area contributed by atoms with E-state index in [-0.39, 0.29) is 0 Å². The molecular formula is C21H22O. The molecule has 0 amide bonds. The number of carbonyl (C=O) groups is 1. The highest BCUT2D eigenvalue weighted by molar-refractivity contribution is 5.76. The Morgan fingerprint density at radius 2 is 1.36 bits per heavy atom. The smallest absolute Gasteiger partial charge is 0.150 e. The van der Waals surface area contributed by atoms with Gasteiger partial charge < -0.3 is 0 Å². The minimum atomic E-state index is 0.697. The van der Waals surface area contributed by atoms with Gasteiger partial charge in [-0.1, -0.05) is 54.6 Å². The summed E-state index contributed by atoms with van der Waals surface area (Å²) >= 11 is 0. The van der Waals surface area contributed by atoms with Crippen LogP contribution < -0.4 is 0 Å². The summed E-state index contributed by atoms with van der Waals surface area (Å²) in [5.74, 6) is 1.41. The molecule has 0 unspecified atom stereocenters. The van der Waals surface area contributed by atoms with E-state index in [0.717, 1.165) is 17.4 Å². The van der Waals surface area contributed by atoms with Crippen molar-refractivity contribution in [2.24, 2.45) is 5.92 Å². The molecule has 3 rings (SSSR count). The van der Waals surface area contributed by atoms with Gasteiger partial charge in [-0.2, -0.15) is 0 Å². The Hall–Kier alpha value is -2.15. The van der Waals surface area contributed by atoms with E-state index in [2.05, 4.69) is 36.9 Å². The van der Waals surface area contributed by atoms with Crippen molar-refractivity contribution in [3.8, 4) is 11.1 Å². The van der Waals surface area contributed by atoms with Gasteiger partial charge >= 0.3 is 0 Å². The Morgan fingerprint density at radius 3 is 1.86 bits per heavy atom. The number of allylic oxidation sites excluding steroid dienone is 1. The van der Waals surface area contributed by atoms with E-state index in [1.807, 2.05) is 24.3 Å². The number of aldehydes is 1. The fourth-order valence-electron chi connectivity index (χ4n) is 3.39. The van der Waals surface area contributed by atoms with Gasteiger partial charge in [0.1, 0.15) is 6.29 Å². The van der Waals surface area contributed by atoms with E-state index in [4.69, 9.17) is 0 Å². The highest BCUT2D eigenvalue weighted by Crippen LogP contribution is 2.36. The standard InChI is InChI=1S/C21H22O/c1-2-16-3-7-18(8-4-16)20-11-13-21(14-12-20)19-9-5-17(15-22)6-10-19/h2,5-6,9-16,18H,1,3-4,7-8H2/t16-,18-. The van der Waals surface area contributed by atoms with Crippen LogP contribution in [0.5, 0.6) is 0 Å². The summed E-state index contributed by atoms with van der Waals surface area (Å²) in [4.78, 5) is 10.7. The van der Waals surface area contributed by atoms with Crippen molar-refractivity contribution in [1.82, 2.24) is 0 Å². The van der Waals surface area contributed by atoms with Crippen molar-refractivity contribution >= 4 is 6.29 Å². The highest BCUT2D eigenvalue weighted by atomic mass is 16.1. The van der Waals surface area contributed by atoms with E-state index in [0.29, 0.717) is 11.8 Å². The van der Waals surface area contributed by atoms with E-state index in [1.54, 1.807) is 0 Å². The summed E-state index contributed by atoms with van der Waals surface area (Å²) in [6.45, 7) is 3.92. The third-order valence-corrected chi connectivity index (χ3v) is 4.87. The molecule has 2 aromatic rings. The molecule has 0 spiro atoms. The molecule has 112 valence electrons. The average molecular weight is 290 g/mol. The SMILES string of the molecule is C=C[C@H]1CC[C@H](c2ccc(-c3ccc(C=O)cc3)cc2)CC1. The van der Waals surface area contributed by atoms with Crippen LogP contribution in [0.15, 0.2) is 61.2 Å². The van der Waals surface area contributed by atoms with Crippen LogP contribution in [-0.2, 0) is 0 Å². The maximum Gasteiger partial charge on any atom is 0.150 e. The van der Waals surface area contributed by atoms with E-state index < -0.39 is 0 Å². The maximum atomic E-state index is 10.7. The first kappa shape index (κ1) is 14.8. The fraction of sp³-hybridized carbons (Fsp3) is 0.286. The lowest BCUT2D eigenvalue weighted by Crippen LogP contribution is -2.11. The Morgan fingerprint density at radius 1 is 0.818 bits per heavy atom. The Labute approximate surface area is 132 Å². The van der Waals surface area contributed by atoms with Gasteiger partial charge in [-0.3, -0.25) is 4.79 Å². The van der Waals surface area contributed by atoms with Crippen LogP contribution in [0.2, 0.25) is 0 Å². The Balaban J connectivity index is 1.72. The lowest BCUT2D eigenvalue weighted by atomic mass is 9.78.